The summed E-state index contributed by atoms with van der Waals surface area (Å²) in [5, 5.41) is 111. The van der Waals surface area contributed by atoms with Crippen LogP contribution in [-0.4, -0.2) is 148 Å². The number of aromatic nitrogens is 12. The molecule has 16 aromatic rings. The van der Waals surface area contributed by atoms with Gasteiger partial charge in [-0.3, -0.25) is 14.7 Å². The first kappa shape index (κ1) is 85.1. The third-order valence-corrected chi connectivity index (χ3v) is 19.3. The van der Waals surface area contributed by atoms with Crippen LogP contribution in [0.3, 0.4) is 0 Å². The van der Waals surface area contributed by atoms with Crippen molar-refractivity contribution in [3.8, 4) is 183 Å². The molecule has 16 rings (SSSR count). The van der Waals surface area contributed by atoms with Crippen molar-refractivity contribution in [1.82, 2.24) is 59.8 Å². The molecular weight excluding hydrogens is 1610 g/mol. The van der Waals surface area contributed by atoms with E-state index in [0.717, 1.165) is 12.1 Å². The summed E-state index contributed by atoms with van der Waals surface area (Å²) in [6.45, 7) is -0.256. The van der Waals surface area contributed by atoms with Crippen LogP contribution in [0.2, 0.25) is 0 Å². The SMILES string of the molecule is O=C(O)c1ccc(-c2nc(-c3ccccc3O)nc(-c3ccccc3O)n2)cc1.O=S(=O)(O)c1ccc(-c2nc(-c3ccccc3O)nc(-c3ccccc3O)n2)cc1.O=S(=O)([O-])c1ccc(-c2nc(-c3ccccc3O)nc(-c3ccc(CO)cc3O)n2)cc1.O=[N+]([O-])c1ccc(-c2nc(-c3ccccc3O)nc(-c3ccccc3O)n2)cc1.[Na+]. The number of carboxylic acid groups (broad SMARTS) is 1. The molecule has 4 heterocycles. The van der Waals surface area contributed by atoms with Crippen LogP contribution < -0.4 is 29.6 Å². The maximum absolute atomic E-state index is 11.3. The second kappa shape index (κ2) is 37.3. The standard InChI is InChI=1S/C22H17N3O6S.C22H15N3O4.C21H14N4O4.C21H15N3O5S.Na/c26-12-13-5-10-17(19(28)11-13)22-24-20(14-6-8-15(9-7-14)32(29,30)31)23-21(25-22)16-3-1-2-4-18(16)27;26-17-7-3-1-5-15(17)20-23-19(13-9-11-14(12-10-13)22(28)29)24-21(25-20)16-6-2-4-8-18(16)27;26-17-7-3-1-5-15(17)20-22-19(13-9-11-14(12-10-13)25(28)29)23-21(24-20)16-6-2-4-8-18(16)27;25-17-7-3-1-5-15(17)20-22-19(13-9-11-14(12-10-13)30(27,28)29)23-21(24-20)16-6-2-4-8-18(16)26;/h1-11,26-28H,12H2,(H,29,30,31);1-12,26-27H,(H,28,29);1-12,26-27H;1-12,25-26H,(H,27,28,29);/q;;;;+1/p-1. The van der Waals surface area contributed by atoms with Crippen LogP contribution in [-0.2, 0) is 26.8 Å². The van der Waals surface area contributed by atoms with E-state index >= 15 is 0 Å². The van der Waals surface area contributed by atoms with Crippen LogP contribution in [0.25, 0.3) is 137 Å². The number of nitro benzene ring substituents is 1. The van der Waals surface area contributed by atoms with Gasteiger partial charge < -0.3 is 55.6 Å². The number of hydrogen-bond acceptors (Lipinski definition) is 29. The number of benzene rings is 12. The molecule has 0 fully saturated rings. The van der Waals surface area contributed by atoms with E-state index in [1.165, 1.54) is 121 Å². The number of aliphatic hydroxyl groups excluding tert-OH is 1. The van der Waals surface area contributed by atoms with Crippen molar-refractivity contribution in [1.29, 1.82) is 0 Å². The summed E-state index contributed by atoms with van der Waals surface area (Å²) in [7, 11) is -8.95. The number of carboxylic acids is 1. The maximum Gasteiger partial charge on any atom is 1.00 e. The Morgan fingerprint density at radius 1 is 0.306 bits per heavy atom. The predicted octanol–water partition coefficient (Wildman–Crippen LogP) is 11.4. The van der Waals surface area contributed by atoms with Crippen LogP contribution in [0.15, 0.2) is 295 Å². The smallest absolute Gasteiger partial charge is 0.744 e. The van der Waals surface area contributed by atoms with Gasteiger partial charge in [-0.1, -0.05) is 103 Å². The quantitative estimate of drug-likeness (QED) is 0.0175. The largest absolute Gasteiger partial charge is 1.00 e. The minimum atomic E-state index is -4.61. The molecule has 12 aromatic carbocycles. The third-order valence-electron chi connectivity index (χ3n) is 17.6. The molecule has 0 amide bonds. The summed E-state index contributed by atoms with van der Waals surface area (Å²) < 4.78 is 65.4. The zero-order chi connectivity index (χ0) is 84.9. The second-order valence-electron chi connectivity index (χ2n) is 25.5. The summed E-state index contributed by atoms with van der Waals surface area (Å²) in [5.74, 6) is 1.02. The van der Waals surface area contributed by atoms with Gasteiger partial charge in [-0.15, -0.1) is 0 Å². The normalized spacial score (nSPS) is 10.9. The Kier molecular flexibility index (Phi) is 26.3. The van der Waals surface area contributed by atoms with Crippen molar-refractivity contribution in [3.05, 3.63) is 306 Å². The number of rotatable bonds is 17. The first-order valence-corrected chi connectivity index (χ1v) is 38.2. The topological polar surface area (TPSA) is 529 Å². The summed E-state index contributed by atoms with van der Waals surface area (Å²) in [6, 6.07) is 72.8. The van der Waals surface area contributed by atoms with E-state index in [1.54, 1.807) is 152 Å². The van der Waals surface area contributed by atoms with Gasteiger partial charge >= 0.3 is 35.5 Å². The molecule has 0 aliphatic carbocycles. The Labute approximate surface area is 708 Å². The molecule has 121 heavy (non-hydrogen) atoms. The van der Waals surface area contributed by atoms with Crippen LogP contribution in [0.5, 0.6) is 46.0 Å². The third kappa shape index (κ3) is 20.4. The Morgan fingerprint density at radius 2 is 0.529 bits per heavy atom. The summed E-state index contributed by atoms with van der Waals surface area (Å²) in [5.41, 5.74) is 5.49. The molecule has 0 atom stereocenters. The van der Waals surface area contributed by atoms with E-state index in [0.29, 0.717) is 66.8 Å². The van der Waals surface area contributed by atoms with Gasteiger partial charge in [-0.25, -0.2) is 73.0 Å². The molecule has 11 N–H and O–H groups in total. The van der Waals surface area contributed by atoms with E-state index in [2.05, 4.69) is 59.8 Å². The fourth-order valence-electron chi connectivity index (χ4n) is 11.5. The summed E-state index contributed by atoms with van der Waals surface area (Å²) in [4.78, 5) is 73.8. The number of phenolic OH excluding ortho intramolecular Hbond substituents is 8. The molecule has 0 aliphatic heterocycles. The van der Waals surface area contributed by atoms with Gasteiger partial charge in [0.15, 0.2) is 69.9 Å². The van der Waals surface area contributed by atoms with Gasteiger partial charge in [0.05, 0.1) is 71.4 Å². The fraction of sp³-hybridized carbons (Fsp3) is 0.0116. The zero-order valence-electron chi connectivity index (χ0n) is 62.7. The molecular formula is C86H60N13NaO19S2. The summed E-state index contributed by atoms with van der Waals surface area (Å²) in [6.07, 6.45) is 0. The van der Waals surface area contributed by atoms with Gasteiger partial charge in [-0.2, -0.15) is 8.42 Å². The minimum absolute atomic E-state index is 0. The van der Waals surface area contributed by atoms with Crippen LogP contribution in [0.4, 0.5) is 5.69 Å². The first-order chi connectivity index (χ1) is 57.6. The number of para-hydroxylation sites is 7. The van der Waals surface area contributed by atoms with Crippen molar-refractivity contribution < 1.29 is 116 Å². The number of hydrogen-bond donors (Lipinski definition) is 11. The molecule has 0 saturated heterocycles. The van der Waals surface area contributed by atoms with E-state index in [-0.39, 0.29) is 174 Å². The second-order valence-corrected chi connectivity index (χ2v) is 28.3. The molecule has 0 aliphatic rings. The van der Waals surface area contributed by atoms with Crippen molar-refractivity contribution in [2.24, 2.45) is 0 Å². The Morgan fingerprint density at radius 3 is 0.744 bits per heavy atom. The number of non-ortho nitro benzene ring substituents is 1. The molecule has 0 radical (unpaired) electrons. The average Bonchev–Trinajstić information content (AvgIpc) is 0.803. The van der Waals surface area contributed by atoms with Crippen LogP contribution >= 0.6 is 0 Å². The Hall–Kier alpha value is -15.3. The van der Waals surface area contributed by atoms with Crippen molar-refractivity contribution >= 4 is 31.9 Å². The van der Waals surface area contributed by atoms with Gasteiger partial charge in [0.2, 0.25) is 0 Å². The Balaban J connectivity index is 0.000000147. The van der Waals surface area contributed by atoms with Gasteiger partial charge in [-0.05, 0) is 175 Å². The zero-order valence-corrected chi connectivity index (χ0v) is 66.3. The number of nitrogens with zero attached hydrogens (tertiary/aromatic N) is 13. The number of nitro groups is 1. The predicted molar refractivity (Wildman–Crippen MR) is 435 cm³/mol. The average molecular weight is 1670 g/mol. The van der Waals surface area contributed by atoms with Crippen molar-refractivity contribution in [3.63, 3.8) is 0 Å². The van der Waals surface area contributed by atoms with E-state index < -0.39 is 36.0 Å². The molecule has 0 unspecified atom stereocenters. The van der Waals surface area contributed by atoms with E-state index in [1.807, 2.05) is 0 Å². The fourth-order valence-corrected chi connectivity index (χ4v) is 12.5. The molecule has 0 bridgehead atoms. The molecule has 35 heteroatoms. The number of aromatic carboxylic acids is 1. The molecule has 596 valence electrons. The molecule has 4 aromatic heterocycles. The molecule has 32 nitrogen and oxygen atoms in total. The van der Waals surface area contributed by atoms with E-state index in [9.17, 15) is 86.8 Å². The number of phenols is 8. The van der Waals surface area contributed by atoms with Crippen LogP contribution in [0.1, 0.15) is 15.9 Å². The molecule has 0 spiro atoms. The molecule has 0 saturated carbocycles. The van der Waals surface area contributed by atoms with Gasteiger partial charge in [0.25, 0.3) is 15.8 Å². The first-order valence-electron chi connectivity index (χ1n) is 35.3. The maximum atomic E-state index is 11.3. The van der Waals surface area contributed by atoms with Gasteiger partial charge in [0, 0.05) is 34.4 Å². The minimum Gasteiger partial charge on any atom is -0.744 e. The Bertz CT molecular complexity index is 6410. The van der Waals surface area contributed by atoms with Crippen LogP contribution in [0, 0.1) is 10.1 Å². The van der Waals surface area contributed by atoms with Gasteiger partial charge in [0.1, 0.15) is 56.1 Å². The summed E-state index contributed by atoms with van der Waals surface area (Å²) >= 11 is 0. The number of aromatic hydroxyl groups is 8. The van der Waals surface area contributed by atoms with Crippen molar-refractivity contribution in [2.45, 2.75) is 16.4 Å². The van der Waals surface area contributed by atoms with Crippen molar-refractivity contribution in [2.75, 3.05) is 0 Å². The van der Waals surface area contributed by atoms with E-state index in [4.69, 9.17) is 5.11 Å². The monoisotopic (exact) mass is 1670 g/mol. The number of aliphatic hydroxyl groups is 1. The number of carbonyl (C=O) groups is 1.